The second-order valence-electron chi connectivity index (χ2n) is 3.82. The number of hydrogen-bond donors (Lipinski definition) is 1. The predicted molar refractivity (Wildman–Crippen MR) is 54.8 cm³/mol. The second kappa shape index (κ2) is 3.99. The third-order valence-electron chi connectivity index (χ3n) is 3.10. The minimum Gasteiger partial charge on any atom is -0.314 e. The number of nitrogens with one attached hydrogen (secondary N) is 1. The van der Waals surface area contributed by atoms with E-state index in [1.807, 2.05) is 0 Å². The lowest BCUT2D eigenvalue weighted by Crippen LogP contribution is -2.58. The molecule has 3 heteroatoms. The minimum absolute atomic E-state index is 0.832. The molecule has 0 spiro atoms. The predicted octanol–water partition coefficient (Wildman–Crippen LogP) is 0.786. The highest BCUT2D eigenvalue weighted by Gasteiger charge is 2.27. The molecule has 1 N–H and O–H groups in total. The first-order valence-electron chi connectivity index (χ1n) is 4.88. The Bertz CT molecular complexity index is 141. The summed E-state index contributed by atoms with van der Waals surface area (Å²) < 4.78 is 0. The van der Waals surface area contributed by atoms with Gasteiger partial charge in [0, 0.05) is 25.2 Å². The van der Waals surface area contributed by atoms with Crippen LogP contribution >= 0.6 is 11.8 Å². The molecular formula is C9H18N2S. The van der Waals surface area contributed by atoms with Crippen molar-refractivity contribution in [1.82, 2.24) is 10.2 Å². The zero-order valence-electron chi connectivity index (χ0n) is 7.75. The first-order chi connectivity index (χ1) is 5.88. The van der Waals surface area contributed by atoms with Crippen molar-refractivity contribution in [2.75, 3.05) is 31.6 Å². The zero-order valence-corrected chi connectivity index (χ0v) is 8.57. The smallest absolute Gasteiger partial charge is 0.0345 e. The van der Waals surface area contributed by atoms with Crippen LogP contribution in [0.2, 0.25) is 0 Å². The summed E-state index contributed by atoms with van der Waals surface area (Å²) in [7, 11) is 2.30. The molecule has 0 radical (unpaired) electrons. The van der Waals surface area contributed by atoms with Gasteiger partial charge in [0.25, 0.3) is 0 Å². The molecule has 2 fully saturated rings. The Morgan fingerprint density at radius 1 is 1.17 bits per heavy atom. The van der Waals surface area contributed by atoms with Crippen molar-refractivity contribution in [3.63, 3.8) is 0 Å². The Balaban J connectivity index is 1.80. The minimum atomic E-state index is 0.832. The van der Waals surface area contributed by atoms with Crippen LogP contribution in [-0.4, -0.2) is 48.6 Å². The summed E-state index contributed by atoms with van der Waals surface area (Å²) in [6.45, 7) is 2.42. The third kappa shape index (κ3) is 1.78. The first kappa shape index (κ1) is 8.85. The Hall–Kier alpha value is 0.270. The number of rotatable bonds is 2. The van der Waals surface area contributed by atoms with E-state index in [9.17, 15) is 0 Å². The maximum absolute atomic E-state index is 3.33. The average Bonchev–Trinajstić information content (AvgIpc) is 2.03. The summed E-state index contributed by atoms with van der Waals surface area (Å²) in [5, 5.41) is 3.33. The highest BCUT2D eigenvalue weighted by atomic mass is 32.2. The molecule has 0 amide bonds. The van der Waals surface area contributed by atoms with Crippen molar-refractivity contribution in [1.29, 1.82) is 0 Å². The molecule has 0 saturated carbocycles. The Morgan fingerprint density at radius 2 is 1.83 bits per heavy atom. The summed E-state index contributed by atoms with van der Waals surface area (Å²) in [5.74, 6) is 2.74. The monoisotopic (exact) mass is 186 g/mol. The van der Waals surface area contributed by atoms with E-state index in [4.69, 9.17) is 0 Å². The van der Waals surface area contributed by atoms with E-state index in [2.05, 4.69) is 29.0 Å². The fourth-order valence-corrected chi connectivity index (χ4v) is 3.03. The van der Waals surface area contributed by atoms with Crippen LogP contribution in [0.3, 0.4) is 0 Å². The van der Waals surface area contributed by atoms with Crippen LogP contribution in [0.5, 0.6) is 0 Å². The molecule has 0 aromatic carbocycles. The summed E-state index contributed by atoms with van der Waals surface area (Å²) in [5.41, 5.74) is 0. The van der Waals surface area contributed by atoms with Crippen LogP contribution in [0, 0.1) is 0 Å². The first-order valence-corrected chi connectivity index (χ1v) is 6.04. The van der Waals surface area contributed by atoms with Crippen LogP contribution in [0.15, 0.2) is 0 Å². The van der Waals surface area contributed by atoms with Crippen LogP contribution in [0.25, 0.3) is 0 Å². The van der Waals surface area contributed by atoms with Gasteiger partial charge < -0.3 is 5.32 Å². The lowest BCUT2D eigenvalue weighted by Gasteiger charge is -2.41. The van der Waals surface area contributed by atoms with Crippen LogP contribution < -0.4 is 5.32 Å². The molecule has 0 aromatic rings. The highest BCUT2D eigenvalue weighted by molar-refractivity contribution is 7.99. The molecule has 2 rings (SSSR count). The number of hydrogen-bond acceptors (Lipinski definition) is 3. The molecule has 0 atom stereocenters. The number of nitrogens with zero attached hydrogens (tertiary/aromatic N) is 1. The number of thioether (sulfide) groups is 1. The third-order valence-corrected chi connectivity index (χ3v) is 4.15. The average molecular weight is 186 g/mol. The Labute approximate surface area is 79.1 Å². The van der Waals surface area contributed by atoms with E-state index in [0.29, 0.717) is 0 Å². The fourth-order valence-electron chi connectivity index (χ4n) is 1.95. The summed E-state index contributed by atoms with van der Waals surface area (Å²) in [6.07, 6.45) is 2.80. The second-order valence-corrected chi connectivity index (χ2v) is 5.05. The molecule has 0 aromatic heterocycles. The molecule has 2 aliphatic rings. The van der Waals surface area contributed by atoms with Gasteiger partial charge in [-0.25, -0.2) is 0 Å². The summed E-state index contributed by atoms with van der Waals surface area (Å²) in [6, 6.07) is 1.71. The maximum Gasteiger partial charge on any atom is 0.0345 e. The Kier molecular flexibility index (Phi) is 2.94. The van der Waals surface area contributed by atoms with E-state index in [1.54, 1.807) is 0 Å². The van der Waals surface area contributed by atoms with E-state index in [-0.39, 0.29) is 0 Å². The van der Waals surface area contributed by atoms with E-state index < -0.39 is 0 Å². The van der Waals surface area contributed by atoms with Crippen LogP contribution in [-0.2, 0) is 0 Å². The molecule has 2 nitrogen and oxygen atoms in total. The summed E-state index contributed by atoms with van der Waals surface area (Å²) in [4.78, 5) is 2.59. The maximum atomic E-state index is 3.33. The molecule has 12 heavy (non-hydrogen) atoms. The summed E-state index contributed by atoms with van der Waals surface area (Å²) >= 11 is 2.11. The normalized spacial score (nSPS) is 27.5. The van der Waals surface area contributed by atoms with E-state index in [1.165, 1.54) is 37.4 Å². The van der Waals surface area contributed by atoms with E-state index >= 15 is 0 Å². The van der Waals surface area contributed by atoms with Gasteiger partial charge in [-0.1, -0.05) is 0 Å². The largest absolute Gasteiger partial charge is 0.314 e. The van der Waals surface area contributed by atoms with E-state index in [0.717, 1.165) is 12.1 Å². The zero-order chi connectivity index (χ0) is 8.39. The molecular weight excluding hydrogens is 168 g/mol. The topological polar surface area (TPSA) is 15.3 Å². The SMILES string of the molecule is CN(C1CCSCC1)C1CNC1. The van der Waals surface area contributed by atoms with Gasteiger partial charge in [0.1, 0.15) is 0 Å². The molecule has 0 bridgehead atoms. The van der Waals surface area contributed by atoms with Crippen LogP contribution in [0.4, 0.5) is 0 Å². The van der Waals surface area contributed by atoms with Gasteiger partial charge in [0.05, 0.1) is 0 Å². The fraction of sp³-hybridized carbons (Fsp3) is 1.00. The van der Waals surface area contributed by atoms with Gasteiger partial charge in [0.15, 0.2) is 0 Å². The van der Waals surface area contributed by atoms with Gasteiger partial charge >= 0.3 is 0 Å². The van der Waals surface area contributed by atoms with Crippen molar-refractivity contribution in [2.45, 2.75) is 24.9 Å². The quantitative estimate of drug-likeness (QED) is 0.686. The van der Waals surface area contributed by atoms with Gasteiger partial charge in [-0.3, -0.25) is 4.90 Å². The molecule has 0 unspecified atom stereocenters. The van der Waals surface area contributed by atoms with Crippen molar-refractivity contribution in [3.05, 3.63) is 0 Å². The van der Waals surface area contributed by atoms with Gasteiger partial charge in [0.2, 0.25) is 0 Å². The molecule has 2 heterocycles. The van der Waals surface area contributed by atoms with Gasteiger partial charge in [-0.15, -0.1) is 0 Å². The standard InChI is InChI=1S/C9H18N2S/c1-11(9-6-10-7-9)8-2-4-12-5-3-8/h8-10H,2-7H2,1H3. The molecule has 0 aliphatic carbocycles. The van der Waals surface area contributed by atoms with Crippen molar-refractivity contribution >= 4 is 11.8 Å². The molecule has 2 saturated heterocycles. The van der Waals surface area contributed by atoms with Crippen molar-refractivity contribution < 1.29 is 0 Å². The Morgan fingerprint density at radius 3 is 2.33 bits per heavy atom. The van der Waals surface area contributed by atoms with Gasteiger partial charge in [-0.2, -0.15) is 11.8 Å². The highest BCUT2D eigenvalue weighted by Crippen LogP contribution is 2.22. The van der Waals surface area contributed by atoms with Crippen molar-refractivity contribution in [3.8, 4) is 0 Å². The lowest BCUT2D eigenvalue weighted by atomic mass is 10.0. The molecule has 70 valence electrons. The number of likely N-dealkylation sites (N-methyl/N-ethyl adjacent to an activating group) is 1. The molecule has 2 aliphatic heterocycles. The van der Waals surface area contributed by atoms with Crippen LogP contribution in [0.1, 0.15) is 12.8 Å². The lowest BCUT2D eigenvalue weighted by molar-refractivity contribution is 0.121. The van der Waals surface area contributed by atoms with Gasteiger partial charge in [-0.05, 0) is 31.4 Å². The van der Waals surface area contributed by atoms with Crippen molar-refractivity contribution in [2.24, 2.45) is 0 Å².